The molecule has 0 aliphatic heterocycles. The van der Waals surface area contributed by atoms with Gasteiger partial charge in [0.25, 0.3) is 0 Å². The third-order valence-corrected chi connectivity index (χ3v) is 3.51. The van der Waals surface area contributed by atoms with Gasteiger partial charge in [0.15, 0.2) is 0 Å². The van der Waals surface area contributed by atoms with Gasteiger partial charge in [0.2, 0.25) is 0 Å². The van der Waals surface area contributed by atoms with Gasteiger partial charge in [-0.15, -0.1) is 0 Å². The summed E-state index contributed by atoms with van der Waals surface area (Å²) < 4.78 is 5.12. The zero-order valence-corrected chi connectivity index (χ0v) is 10.6. The minimum Gasteiger partial charge on any atom is -0.384 e. The Bertz CT molecular complexity index is 153. The van der Waals surface area contributed by atoms with E-state index in [1.165, 1.54) is 32.2 Å². The Kier molecular flexibility index (Phi) is 6.26. The van der Waals surface area contributed by atoms with Crippen molar-refractivity contribution in [3.8, 4) is 0 Å². The lowest BCUT2D eigenvalue weighted by Gasteiger charge is -2.26. The molecule has 0 aromatic carbocycles. The average molecular weight is 213 g/mol. The van der Waals surface area contributed by atoms with E-state index in [0.717, 1.165) is 25.0 Å². The van der Waals surface area contributed by atoms with Crippen LogP contribution in [-0.4, -0.2) is 26.8 Å². The maximum absolute atomic E-state index is 5.12. The molecule has 1 atom stereocenters. The van der Waals surface area contributed by atoms with E-state index in [4.69, 9.17) is 4.74 Å². The summed E-state index contributed by atoms with van der Waals surface area (Å²) in [5, 5.41) is 3.57. The second-order valence-corrected chi connectivity index (χ2v) is 5.34. The largest absolute Gasteiger partial charge is 0.384 e. The predicted octanol–water partition coefficient (Wildman–Crippen LogP) is 2.68. The number of nitrogens with one attached hydrogen (secondary N) is 1. The average Bonchev–Trinajstić information content (AvgIpc) is 2.21. The highest BCUT2D eigenvalue weighted by Crippen LogP contribution is 2.27. The lowest BCUT2D eigenvalue weighted by molar-refractivity contribution is 0.157. The second kappa shape index (κ2) is 7.24. The number of rotatable bonds is 6. The van der Waals surface area contributed by atoms with Crippen molar-refractivity contribution < 1.29 is 4.74 Å². The number of hydrogen-bond acceptors (Lipinski definition) is 2. The molecule has 0 saturated heterocycles. The van der Waals surface area contributed by atoms with Gasteiger partial charge < -0.3 is 10.1 Å². The van der Waals surface area contributed by atoms with Crippen LogP contribution < -0.4 is 5.32 Å². The lowest BCUT2D eigenvalue weighted by Crippen LogP contribution is -2.30. The topological polar surface area (TPSA) is 21.3 Å². The molecular formula is C13H27NO. The van der Waals surface area contributed by atoms with Crippen LogP contribution >= 0.6 is 0 Å². The minimum atomic E-state index is 0.637. The van der Waals surface area contributed by atoms with Crippen LogP contribution in [0.1, 0.15) is 39.5 Å². The summed E-state index contributed by atoms with van der Waals surface area (Å²) in [7, 11) is 1.78. The zero-order chi connectivity index (χ0) is 11.1. The first-order valence-corrected chi connectivity index (χ1v) is 6.42. The Morgan fingerprint density at radius 3 is 2.53 bits per heavy atom. The van der Waals surface area contributed by atoms with Crippen LogP contribution in [-0.2, 0) is 4.74 Å². The molecular weight excluding hydrogens is 186 g/mol. The molecule has 1 N–H and O–H groups in total. The molecule has 2 nitrogen and oxygen atoms in total. The Morgan fingerprint density at radius 1 is 1.27 bits per heavy atom. The fraction of sp³-hybridized carbons (Fsp3) is 1.00. The van der Waals surface area contributed by atoms with Crippen LogP contribution in [0.25, 0.3) is 0 Å². The highest BCUT2D eigenvalue weighted by Gasteiger charge is 2.17. The molecule has 1 saturated carbocycles. The maximum Gasteiger partial charge on any atom is 0.0499 e. The summed E-state index contributed by atoms with van der Waals surface area (Å²) in [4.78, 5) is 0. The molecule has 90 valence electrons. The van der Waals surface area contributed by atoms with E-state index in [0.29, 0.717) is 5.92 Å². The van der Waals surface area contributed by atoms with E-state index in [1.807, 2.05) is 0 Å². The summed E-state index contributed by atoms with van der Waals surface area (Å²) in [5.74, 6) is 2.53. The predicted molar refractivity (Wildman–Crippen MR) is 65.0 cm³/mol. The van der Waals surface area contributed by atoms with Gasteiger partial charge in [0.05, 0.1) is 0 Å². The monoisotopic (exact) mass is 213 g/mol. The van der Waals surface area contributed by atoms with E-state index in [9.17, 15) is 0 Å². The van der Waals surface area contributed by atoms with E-state index in [1.54, 1.807) is 7.11 Å². The normalized spacial score (nSPS) is 29.0. The van der Waals surface area contributed by atoms with Crippen molar-refractivity contribution in [1.82, 2.24) is 5.32 Å². The van der Waals surface area contributed by atoms with Gasteiger partial charge in [-0.25, -0.2) is 0 Å². The van der Waals surface area contributed by atoms with Crippen LogP contribution in [0.15, 0.2) is 0 Å². The van der Waals surface area contributed by atoms with E-state index >= 15 is 0 Å². The van der Waals surface area contributed by atoms with Crippen molar-refractivity contribution in [3.05, 3.63) is 0 Å². The van der Waals surface area contributed by atoms with Gasteiger partial charge in [-0.05, 0) is 43.7 Å². The summed E-state index contributed by atoms with van der Waals surface area (Å²) in [6.45, 7) is 7.79. The van der Waals surface area contributed by atoms with E-state index in [2.05, 4.69) is 19.2 Å². The molecule has 0 heterocycles. The molecule has 1 fully saturated rings. The maximum atomic E-state index is 5.12. The Hall–Kier alpha value is -0.0800. The molecule has 1 aliphatic carbocycles. The summed E-state index contributed by atoms with van der Waals surface area (Å²) >= 11 is 0. The van der Waals surface area contributed by atoms with Crippen LogP contribution in [0.4, 0.5) is 0 Å². The zero-order valence-electron chi connectivity index (χ0n) is 10.6. The van der Waals surface area contributed by atoms with Crippen LogP contribution in [0.3, 0.4) is 0 Å². The Morgan fingerprint density at radius 2 is 1.93 bits per heavy atom. The number of methoxy groups -OCH3 is 1. The van der Waals surface area contributed by atoms with E-state index < -0.39 is 0 Å². The van der Waals surface area contributed by atoms with Gasteiger partial charge in [-0.1, -0.05) is 26.7 Å². The summed E-state index contributed by atoms with van der Waals surface area (Å²) in [6.07, 6.45) is 5.71. The van der Waals surface area contributed by atoms with Gasteiger partial charge in [0.1, 0.15) is 0 Å². The molecule has 0 radical (unpaired) electrons. The standard InChI is InChI=1S/C13H27NO/c1-11-4-6-13(7-5-11)9-14-8-12(2)10-15-3/h11-14H,4-10H2,1-3H3. The molecule has 0 bridgehead atoms. The molecule has 1 unspecified atom stereocenters. The van der Waals surface area contributed by atoms with Crippen molar-refractivity contribution >= 4 is 0 Å². The van der Waals surface area contributed by atoms with Crippen LogP contribution in [0.5, 0.6) is 0 Å². The number of hydrogen-bond donors (Lipinski definition) is 1. The summed E-state index contributed by atoms with van der Waals surface area (Å²) in [5.41, 5.74) is 0. The Labute approximate surface area is 94.8 Å². The van der Waals surface area contributed by atoms with Crippen molar-refractivity contribution in [2.24, 2.45) is 17.8 Å². The first-order valence-electron chi connectivity index (χ1n) is 6.42. The van der Waals surface area contributed by atoms with Gasteiger partial charge in [0, 0.05) is 13.7 Å². The molecule has 1 rings (SSSR count). The van der Waals surface area contributed by atoms with Gasteiger partial charge >= 0.3 is 0 Å². The fourth-order valence-electron chi connectivity index (χ4n) is 2.41. The third-order valence-electron chi connectivity index (χ3n) is 3.51. The Balaban J connectivity index is 2.00. The second-order valence-electron chi connectivity index (χ2n) is 5.34. The summed E-state index contributed by atoms with van der Waals surface area (Å²) in [6, 6.07) is 0. The molecule has 2 heteroatoms. The highest BCUT2D eigenvalue weighted by atomic mass is 16.5. The van der Waals surface area contributed by atoms with Crippen molar-refractivity contribution in [1.29, 1.82) is 0 Å². The number of ether oxygens (including phenoxy) is 1. The molecule has 0 spiro atoms. The van der Waals surface area contributed by atoms with Crippen LogP contribution in [0, 0.1) is 17.8 Å². The van der Waals surface area contributed by atoms with E-state index in [-0.39, 0.29) is 0 Å². The molecule has 1 aliphatic rings. The first kappa shape index (κ1) is 13.0. The van der Waals surface area contributed by atoms with Crippen molar-refractivity contribution in [2.45, 2.75) is 39.5 Å². The first-order chi connectivity index (χ1) is 7.22. The quantitative estimate of drug-likeness (QED) is 0.732. The minimum absolute atomic E-state index is 0.637. The van der Waals surface area contributed by atoms with Gasteiger partial charge in [-0.2, -0.15) is 0 Å². The third kappa shape index (κ3) is 5.53. The molecule has 0 amide bonds. The van der Waals surface area contributed by atoms with Crippen LogP contribution in [0.2, 0.25) is 0 Å². The van der Waals surface area contributed by atoms with Crippen molar-refractivity contribution in [2.75, 3.05) is 26.8 Å². The fourth-order valence-corrected chi connectivity index (χ4v) is 2.41. The highest BCUT2D eigenvalue weighted by molar-refractivity contribution is 4.72. The molecule has 15 heavy (non-hydrogen) atoms. The van der Waals surface area contributed by atoms with Crippen molar-refractivity contribution in [3.63, 3.8) is 0 Å². The molecule has 0 aromatic heterocycles. The molecule has 0 aromatic rings. The van der Waals surface area contributed by atoms with Gasteiger partial charge in [-0.3, -0.25) is 0 Å². The SMILES string of the molecule is COCC(C)CNCC1CCC(C)CC1. The smallest absolute Gasteiger partial charge is 0.0499 e. The lowest BCUT2D eigenvalue weighted by atomic mass is 9.83.